The number of hydrogen-bond acceptors (Lipinski definition) is 3. The highest BCUT2D eigenvalue weighted by atomic mass is 35.5. The van der Waals surface area contributed by atoms with Gasteiger partial charge in [-0.05, 0) is 37.1 Å². The highest BCUT2D eigenvalue weighted by Crippen LogP contribution is 2.22. The lowest BCUT2D eigenvalue weighted by atomic mass is 10.1. The van der Waals surface area contributed by atoms with Gasteiger partial charge in [0.25, 0.3) is 5.91 Å². The number of carbonyl (C=O) groups is 1. The van der Waals surface area contributed by atoms with Gasteiger partial charge >= 0.3 is 0 Å². The Hall–Kier alpha value is -1.65. The van der Waals surface area contributed by atoms with Crippen LogP contribution in [0.15, 0.2) is 30.5 Å². The minimum absolute atomic E-state index is 0.0593. The highest BCUT2D eigenvalue weighted by Gasteiger charge is 2.18. The first-order chi connectivity index (χ1) is 10.6. The van der Waals surface area contributed by atoms with E-state index in [2.05, 4.69) is 22.1 Å². The van der Waals surface area contributed by atoms with E-state index in [1.54, 1.807) is 24.4 Å². The fourth-order valence-corrected chi connectivity index (χ4v) is 3.13. The molecule has 4 nitrogen and oxygen atoms in total. The molecular formula is C17H20ClN3O. The first-order valence-corrected chi connectivity index (χ1v) is 8.06. The maximum atomic E-state index is 12.2. The summed E-state index contributed by atoms with van der Waals surface area (Å²) in [6.45, 7) is 6.12. The number of fused-ring (bicyclic) bond motifs is 1. The third kappa shape index (κ3) is 3.39. The number of nitrogens with one attached hydrogen (secondary N) is 1. The fourth-order valence-electron chi connectivity index (χ4n) is 2.91. The molecule has 1 amide bonds. The molecule has 1 saturated heterocycles. The third-order valence-corrected chi connectivity index (χ3v) is 4.50. The molecule has 1 aromatic heterocycles. The predicted molar refractivity (Wildman–Crippen MR) is 89.3 cm³/mol. The molecule has 1 unspecified atom stereocenters. The van der Waals surface area contributed by atoms with Gasteiger partial charge < -0.3 is 10.2 Å². The number of benzene rings is 1. The van der Waals surface area contributed by atoms with Crippen molar-refractivity contribution in [1.82, 2.24) is 15.2 Å². The summed E-state index contributed by atoms with van der Waals surface area (Å²) in [5.41, 5.74) is 1.37. The minimum atomic E-state index is -0.0593. The summed E-state index contributed by atoms with van der Waals surface area (Å²) in [6.07, 6.45) is 2.91. The normalized spacial score (nSPS) is 18.7. The van der Waals surface area contributed by atoms with E-state index in [1.807, 2.05) is 6.07 Å². The van der Waals surface area contributed by atoms with Gasteiger partial charge in [0.15, 0.2) is 0 Å². The Morgan fingerprint density at radius 1 is 1.45 bits per heavy atom. The van der Waals surface area contributed by atoms with Crippen molar-refractivity contribution in [2.24, 2.45) is 5.92 Å². The molecule has 1 atom stereocenters. The van der Waals surface area contributed by atoms with E-state index in [0.29, 0.717) is 17.1 Å². The second kappa shape index (κ2) is 6.63. The molecule has 0 spiro atoms. The van der Waals surface area contributed by atoms with Crippen LogP contribution in [0.2, 0.25) is 5.02 Å². The molecular weight excluding hydrogens is 298 g/mol. The number of halogens is 1. The Morgan fingerprint density at radius 3 is 3.09 bits per heavy atom. The molecule has 1 aliphatic heterocycles. The van der Waals surface area contributed by atoms with Crippen LogP contribution in [0.1, 0.15) is 23.7 Å². The molecule has 2 heterocycles. The summed E-state index contributed by atoms with van der Waals surface area (Å²) in [7, 11) is 0. The Balaban J connectivity index is 1.60. The second-order valence-electron chi connectivity index (χ2n) is 5.98. The second-order valence-corrected chi connectivity index (χ2v) is 6.38. The zero-order chi connectivity index (χ0) is 15.5. The van der Waals surface area contributed by atoms with E-state index in [0.717, 1.165) is 36.5 Å². The van der Waals surface area contributed by atoms with Crippen LogP contribution in [0.5, 0.6) is 0 Å². The number of aromatic nitrogens is 1. The monoisotopic (exact) mass is 317 g/mol. The van der Waals surface area contributed by atoms with Crippen LogP contribution in [-0.4, -0.2) is 42.0 Å². The fraction of sp³-hybridized carbons (Fsp3) is 0.412. The molecule has 116 valence electrons. The van der Waals surface area contributed by atoms with E-state index in [1.165, 1.54) is 6.42 Å². The van der Waals surface area contributed by atoms with Crippen LogP contribution in [0.4, 0.5) is 0 Å². The van der Waals surface area contributed by atoms with Crippen molar-refractivity contribution in [1.29, 1.82) is 0 Å². The minimum Gasteiger partial charge on any atom is -0.351 e. The maximum absolute atomic E-state index is 12.2. The van der Waals surface area contributed by atoms with Crippen molar-refractivity contribution >= 4 is 28.4 Å². The molecule has 2 aromatic rings. The van der Waals surface area contributed by atoms with Gasteiger partial charge in [0, 0.05) is 36.8 Å². The number of pyridine rings is 1. The number of carbonyl (C=O) groups excluding carboxylic acids is 1. The first-order valence-electron chi connectivity index (χ1n) is 7.68. The molecule has 1 N–H and O–H groups in total. The SMILES string of the molecule is CC1CCN(CCNC(=O)c2ccc3c(Cl)ccnc3c2)C1. The Morgan fingerprint density at radius 2 is 2.32 bits per heavy atom. The van der Waals surface area contributed by atoms with Gasteiger partial charge in [-0.15, -0.1) is 0 Å². The van der Waals surface area contributed by atoms with E-state index in [4.69, 9.17) is 11.6 Å². The summed E-state index contributed by atoms with van der Waals surface area (Å²) in [5, 5.41) is 4.50. The van der Waals surface area contributed by atoms with Gasteiger partial charge in [0.2, 0.25) is 0 Å². The summed E-state index contributed by atoms with van der Waals surface area (Å²) < 4.78 is 0. The molecule has 0 radical (unpaired) electrons. The lowest BCUT2D eigenvalue weighted by Gasteiger charge is -2.15. The summed E-state index contributed by atoms with van der Waals surface area (Å²) in [5.74, 6) is 0.711. The first kappa shape index (κ1) is 15.3. The molecule has 1 fully saturated rings. The molecule has 0 aliphatic carbocycles. The number of rotatable bonds is 4. The lowest BCUT2D eigenvalue weighted by molar-refractivity contribution is 0.0949. The zero-order valence-electron chi connectivity index (χ0n) is 12.7. The third-order valence-electron chi connectivity index (χ3n) is 4.17. The van der Waals surface area contributed by atoms with E-state index in [-0.39, 0.29) is 5.91 Å². The van der Waals surface area contributed by atoms with Crippen LogP contribution >= 0.6 is 11.6 Å². The van der Waals surface area contributed by atoms with Gasteiger partial charge in [-0.3, -0.25) is 9.78 Å². The maximum Gasteiger partial charge on any atom is 0.251 e. The van der Waals surface area contributed by atoms with Crippen molar-refractivity contribution in [3.05, 3.63) is 41.0 Å². The van der Waals surface area contributed by atoms with E-state index < -0.39 is 0 Å². The molecule has 5 heteroatoms. The standard InChI is InChI=1S/C17H20ClN3O/c1-12-5-8-21(11-12)9-7-20-17(22)13-2-3-14-15(18)4-6-19-16(14)10-13/h2-4,6,10,12H,5,7-9,11H2,1H3,(H,20,22). The largest absolute Gasteiger partial charge is 0.351 e. The van der Waals surface area contributed by atoms with Gasteiger partial charge in [-0.25, -0.2) is 0 Å². The smallest absolute Gasteiger partial charge is 0.251 e. The Labute approximate surface area is 135 Å². The van der Waals surface area contributed by atoms with Crippen molar-refractivity contribution in [3.63, 3.8) is 0 Å². The van der Waals surface area contributed by atoms with Gasteiger partial charge in [-0.2, -0.15) is 0 Å². The van der Waals surface area contributed by atoms with Crippen molar-refractivity contribution in [2.75, 3.05) is 26.2 Å². The molecule has 1 aromatic carbocycles. The van der Waals surface area contributed by atoms with Crippen LogP contribution in [0.25, 0.3) is 10.9 Å². The summed E-state index contributed by atoms with van der Waals surface area (Å²) >= 11 is 6.11. The summed E-state index contributed by atoms with van der Waals surface area (Å²) in [4.78, 5) is 18.9. The van der Waals surface area contributed by atoms with Crippen molar-refractivity contribution in [2.45, 2.75) is 13.3 Å². The van der Waals surface area contributed by atoms with Crippen molar-refractivity contribution < 1.29 is 4.79 Å². The molecule has 22 heavy (non-hydrogen) atoms. The number of nitrogens with zero attached hydrogens (tertiary/aromatic N) is 2. The highest BCUT2D eigenvalue weighted by molar-refractivity contribution is 6.35. The zero-order valence-corrected chi connectivity index (χ0v) is 13.4. The summed E-state index contributed by atoms with van der Waals surface area (Å²) in [6, 6.07) is 7.18. The Kier molecular flexibility index (Phi) is 4.60. The van der Waals surface area contributed by atoms with Gasteiger partial charge in [-0.1, -0.05) is 24.6 Å². The topological polar surface area (TPSA) is 45.2 Å². The number of likely N-dealkylation sites (tertiary alicyclic amines) is 1. The van der Waals surface area contributed by atoms with E-state index in [9.17, 15) is 4.79 Å². The van der Waals surface area contributed by atoms with Crippen LogP contribution in [0, 0.1) is 5.92 Å². The van der Waals surface area contributed by atoms with Crippen LogP contribution < -0.4 is 5.32 Å². The van der Waals surface area contributed by atoms with E-state index >= 15 is 0 Å². The average molecular weight is 318 g/mol. The van der Waals surface area contributed by atoms with Crippen LogP contribution in [-0.2, 0) is 0 Å². The van der Waals surface area contributed by atoms with Gasteiger partial charge in [0.05, 0.1) is 10.5 Å². The van der Waals surface area contributed by atoms with Crippen molar-refractivity contribution in [3.8, 4) is 0 Å². The average Bonchev–Trinajstić information content (AvgIpc) is 2.92. The Bertz CT molecular complexity index is 689. The number of amides is 1. The molecule has 0 saturated carbocycles. The molecule has 0 bridgehead atoms. The number of hydrogen-bond donors (Lipinski definition) is 1. The van der Waals surface area contributed by atoms with Gasteiger partial charge in [0.1, 0.15) is 0 Å². The molecule has 1 aliphatic rings. The molecule has 3 rings (SSSR count). The lowest BCUT2D eigenvalue weighted by Crippen LogP contribution is -2.33. The quantitative estimate of drug-likeness (QED) is 0.943. The van der Waals surface area contributed by atoms with Crippen LogP contribution in [0.3, 0.4) is 0 Å². The predicted octanol–water partition coefficient (Wildman–Crippen LogP) is 2.96.